The van der Waals surface area contributed by atoms with Crippen LogP contribution in [-0.4, -0.2) is 47.7 Å². The maximum Gasteiger partial charge on any atom is 0.328 e. The van der Waals surface area contributed by atoms with Crippen LogP contribution in [0.1, 0.15) is 24.1 Å². The van der Waals surface area contributed by atoms with Crippen LogP contribution in [0.15, 0.2) is 61.1 Å². The summed E-state index contributed by atoms with van der Waals surface area (Å²) in [6, 6.07) is 14.8. The highest BCUT2D eigenvalue weighted by Crippen LogP contribution is 2.30. The summed E-state index contributed by atoms with van der Waals surface area (Å²) in [6.07, 6.45) is 5.24. The molecule has 1 N–H and O–H groups in total. The number of hydrogen-bond acceptors (Lipinski definition) is 5. The zero-order valence-electron chi connectivity index (χ0n) is 19.5. The van der Waals surface area contributed by atoms with Crippen molar-refractivity contribution in [2.45, 2.75) is 31.8 Å². The number of ether oxygens (including phenoxy) is 1. The molecule has 3 aromatic rings. The molecule has 1 saturated heterocycles. The predicted octanol–water partition coefficient (Wildman–Crippen LogP) is 4.36. The SMILES string of the molecule is COC(=O)C(Cc1cn(Cc2ccccc2)cn1)NC(=O)C1CCN(c2ccc(Cl)c(Cl)c2)CC1. The van der Waals surface area contributed by atoms with E-state index in [0.29, 0.717) is 48.2 Å². The molecule has 1 atom stereocenters. The minimum absolute atomic E-state index is 0.141. The number of aromatic nitrogens is 2. The predicted molar refractivity (Wildman–Crippen MR) is 137 cm³/mol. The fraction of sp³-hybridized carbons (Fsp3) is 0.346. The van der Waals surface area contributed by atoms with Gasteiger partial charge in [0, 0.05) is 43.9 Å². The number of amides is 1. The summed E-state index contributed by atoms with van der Waals surface area (Å²) in [5.41, 5.74) is 2.85. The van der Waals surface area contributed by atoms with Crippen molar-refractivity contribution in [3.63, 3.8) is 0 Å². The number of imidazole rings is 1. The number of piperidine rings is 1. The maximum atomic E-state index is 13.0. The molecule has 1 aliphatic heterocycles. The van der Waals surface area contributed by atoms with Crippen LogP contribution in [0.5, 0.6) is 0 Å². The van der Waals surface area contributed by atoms with Crippen LogP contribution in [0.25, 0.3) is 0 Å². The van der Waals surface area contributed by atoms with E-state index in [2.05, 4.69) is 15.2 Å². The second kappa shape index (κ2) is 11.6. The number of carbonyl (C=O) groups is 2. The van der Waals surface area contributed by atoms with Crippen molar-refractivity contribution in [3.05, 3.63) is 82.4 Å². The van der Waals surface area contributed by atoms with E-state index in [-0.39, 0.29) is 18.2 Å². The van der Waals surface area contributed by atoms with Crippen molar-refractivity contribution in [2.75, 3.05) is 25.1 Å². The van der Waals surface area contributed by atoms with Gasteiger partial charge in [-0.2, -0.15) is 0 Å². The fourth-order valence-electron chi connectivity index (χ4n) is 4.31. The standard InChI is InChI=1S/C26H28Cl2N4O3/c1-35-26(34)24(13-20-16-31(17-29-20)15-18-5-3-2-4-6-18)30-25(33)19-9-11-32(12-10-19)21-7-8-22(27)23(28)14-21/h2-8,14,16-17,19,24H,9-13,15H2,1H3,(H,30,33). The minimum atomic E-state index is -0.791. The van der Waals surface area contributed by atoms with Gasteiger partial charge in [-0.05, 0) is 36.6 Å². The third-order valence-corrected chi connectivity index (χ3v) is 6.98. The first kappa shape index (κ1) is 25.1. The molecule has 1 aromatic heterocycles. The summed E-state index contributed by atoms with van der Waals surface area (Å²) in [5.74, 6) is -0.807. The molecular weight excluding hydrogens is 487 g/mol. The topological polar surface area (TPSA) is 76.5 Å². The van der Waals surface area contributed by atoms with Crippen LogP contribution in [0, 0.1) is 5.92 Å². The Balaban J connectivity index is 1.33. The molecule has 0 saturated carbocycles. The molecule has 184 valence electrons. The Morgan fingerprint density at radius 1 is 1.11 bits per heavy atom. The van der Waals surface area contributed by atoms with Gasteiger partial charge >= 0.3 is 5.97 Å². The highest BCUT2D eigenvalue weighted by Gasteiger charge is 2.30. The normalized spacial score (nSPS) is 15.0. The van der Waals surface area contributed by atoms with Crippen LogP contribution in [0.2, 0.25) is 10.0 Å². The molecule has 9 heteroatoms. The Kier molecular flexibility index (Phi) is 8.31. The molecule has 1 unspecified atom stereocenters. The molecule has 2 aromatic carbocycles. The number of esters is 1. The van der Waals surface area contributed by atoms with Crippen molar-refractivity contribution < 1.29 is 14.3 Å². The third-order valence-electron chi connectivity index (χ3n) is 6.24. The van der Waals surface area contributed by atoms with Gasteiger partial charge in [-0.1, -0.05) is 53.5 Å². The van der Waals surface area contributed by atoms with Crippen molar-refractivity contribution >= 4 is 40.8 Å². The number of rotatable bonds is 8. The highest BCUT2D eigenvalue weighted by molar-refractivity contribution is 6.42. The molecule has 0 aliphatic carbocycles. The average Bonchev–Trinajstić information content (AvgIpc) is 3.32. The number of hydrogen-bond donors (Lipinski definition) is 1. The van der Waals surface area contributed by atoms with Gasteiger partial charge < -0.3 is 19.5 Å². The average molecular weight is 515 g/mol. The van der Waals surface area contributed by atoms with E-state index in [1.54, 1.807) is 12.4 Å². The van der Waals surface area contributed by atoms with Gasteiger partial charge in [0.25, 0.3) is 0 Å². The zero-order valence-corrected chi connectivity index (χ0v) is 21.0. The van der Waals surface area contributed by atoms with E-state index in [4.69, 9.17) is 27.9 Å². The lowest BCUT2D eigenvalue weighted by Gasteiger charge is -2.33. The minimum Gasteiger partial charge on any atom is -0.467 e. The van der Waals surface area contributed by atoms with Gasteiger partial charge in [-0.25, -0.2) is 9.78 Å². The first-order chi connectivity index (χ1) is 16.9. The second-order valence-corrected chi connectivity index (χ2v) is 9.49. The summed E-state index contributed by atoms with van der Waals surface area (Å²) in [7, 11) is 1.32. The second-order valence-electron chi connectivity index (χ2n) is 8.67. The van der Waals surface area contributed by atoms with E-state index in [1.807, 2.05) is 53.2 Å². The number of carbonyl (C=O) groups excluding carboxylic acids is 2. The van der Waals surface area contributed by atoms with E-state index < -0.39 is 12.0 Å². The number of halogens is 2. The number of anilines is 1. The number of nitrogens with zero attached hydrogens (tertiary/aromatic N) is 3. The summed E-state index contributed by atoms with van der Waals surface area (Å²) in [4.78, 5) is 32.0. The fourth-order valence-corrected chi connectivity index (χ4v) is 4.60. The lowest BCUT2D eigenvalue weighted by atomic mass is 9.95. The summed E-state index contributed by atoms with van der Waals surface area (Å²) in [5, 5.41) is 3.92. The molecule has 1 aliphatic rings. The van der Waals surface area contributed by atoms with Crippen molar-refractivity contribution in [1.82, 2.24) is 14.9 Å². The van der Waals surface area contributed by atoms with Gasteiger partial charge in [-0.3, -0.25) is 4.79 Å². The van der Waals surface area contributed by atoms with E-state index in [9.17, 15) is 9.59 Å². The Morgan fingerprint density at radius 2 is 1.86 bits per heavy atom. The highest BCUT2D eigenvalue weighted by atomic mass is 35.5. The summed E-state index contributed by atoms with van der Waals surface area (Å²) < 4.78 is 6.91. The first-order valence-electron chi connectivity index (χ1n) is 11.6. The monoisotopic (exact) mass is 514 g/mol. The molecule has 7 nitrogen and oxygen atoms in total. The molecule has 1 fully saturated rings. The Bertz CT molecular complexity index is 1160. The molecule has 1 amide bonds. The van der Waals surface area contributed by atoms with E-state index in [1.165, 1.54) is 7.11 Å². The zero-order chi connectivity index (χ0) is 24.8. The van der Waals surface area contributed by atoms with E-state index in [0.717, 1.165) is 11.3 Å². The molecule has 0 spiro atoms. The Labute approximate surface area is 215 Å². The van der Waals surface area contributed by atoms with Crippen LogP contribution < -0.4 is 10.2 Å². The largest absolute Gasteiger partial charge is 0.467 e. The van der Waals surface area contributed by atoms with Crippen LogP contribution in [-0.2, 0) is 27.3 Å². The molecule has 4 rings (SSSR count). The lowest BCUT2D eigenvalue weighted by molar-refractivity contribution is -0.145. The van der Waals surface area contributed by atoms with Crippen LogP contribution >= 0.6 is 23.2 Å². The van der Waals surface area contributed by atoms with Gasteiger partial charge in [0.15, 0.2) is 0 Å². The van der Waals surface area contributed by atoms with Gasteiger partial charge in [0.1, 0.15) is 6.04 Å². The maximum absolute atomic E-state index is 13.0. The van der Waals surface area contributed by atoms with Crippen molar-refractivity contribution in [2.24, 2.45) is 5.92 Å². The Hall–Kier alpha value is -3.03. The van der Waals surface area contributed by atoms with Crippen molar-refractivity contribution in [3.8, 4) is 0 Å². The van der Waals surface area contributed by atoms with Crippen molar-refractivity contribution in [1.29, 1.82) is 0 Å². The third kappa shape index (κ3) is 6.55. The summed E-state index contributed by atoms with van der Waals surface area (Å²) in [6.45, 7) is 2.10. The number of nitrogens with one attached hydrogen (secondary N) is 1. The van der Waals surface area contributed by atoms with Gasteiger partial charge in [0.2, 0.25) is 5.91 Å². The smallest absolute Gasteiger partial charge is 0.328 e. The summed E-state index contributed by atoms with van der Waals surface area (Å²) >= 11 is 12.2. The molecule has 0 bridgehead atoms. The number of benzene rings is 2. The van der Waals surface area contributed by atoms with Gasteiger partial charge in [0.05, 0.1) is 29.2 Å². The van der Waals surface area contributed by atoms with Gasteiger partial charge in [-0.15, -0.1) is 0 Å². The molecule has 0 radical (unpaired) electrons. The first-order valence-corrected chi connectivity index (χ1v) is 12.3. The number of methoxy groups -OCH3 is 1. The molecule has 2 heterocycles. The molecular formula is C26H28Cl2N4O3. The van der Waals surface area contributed by atoms with E-state index >= 15 is 0 Å². The molecule has 35 heavy (non-hydrogen) atoms. The Morgan fingerprint density at radius 3 is 2.54 bits per heavy atom. The quantitative estimate of drug-likeness (QED) is 0.452. The van der Waals surface area contributed by atoms with Crippen LogP contribution in [0.3, 0.4) is 0 Å². The lowest BCUT2D eigenvalue weighted by Crippen LogP contribution is -2.48. The van der Waals surface area contributed by atoms with Crippen LogP contribution in [0.4, 0.5) is 5.69 Å².